The van der Waals surface area contributed by atoms with Crippen LogP contribution in [0.3, 0.4) is 0 Å². The highest BCUT2D eigenvalue weighted by Crippen LogP contribution is 2.47. The zero-order valence-corrected chi connectivity index (χ0v) is 15.3. The van der Waals surface area contributed by atoms with E-state index in [-0.39, 0.29) is 11.9 Å². The van der Waals surface area contributed by atoms with Crippen LogP contribution in [0.15, 0.2) is 72.8 Å². The second-order valence-electron chi connectivity index (χ2n) is 7.08. The quantitative estimate of drug-likeness (QED) is 0.518. The summed E-state index contributed by atoms with van der Waals surface area (Å²) in [6, 6.07) is 24.1. The number of carbonyl (C=O) groups excluding carboxylic acids is 1. The Hall–Kier alpha value is -3.07. The Balaban J connectivity index is 1.78. The summed E-state index contributed by atoms with van der Waals surface area (Å²) in [4.78, 5) is 11.2. The van der Waals surface area contributed by atoms with Gasteiger partial charge in [0.2, 0.25) is 0 Å². The number of ether oxygens (including phenoxy) is 1. The Kier molecular flexibility index (Phi) is 4.68. The number of aryl methyl sites for hydroxylation is 1. The fourth-order valence-corrected chi connectivity index (χ4v) is 4.19. The molecule has 4 rings (SSSR count). The van der Waals surface area contributed by atoms with Crippen molar-refractivity contribution in [2.75, 3.05) is 0 Å². The summed E-state index contributed by atoms with van der Waals surface area (Å²) in [7, 11) is 0. The molecule has 3 heteroatoms. The van der Waals surface area contributed by atoms with Gasteiger partial charge in [-0.25, -0.2) is 0 Å². The van der Waals surface area contributed by atoms with Gasteiger partial charge < -0.3 is 9.84 Å². The van der Waals surface area contributed by atoms with Gasteiger partial charge in [-0.1, -0.05) is 48.5 Å². The first-order valence-electron chi connectivity index (χ1n) is 9.27. The molecule has 0 amide bonds. The summed E-state index contributed by atoms with van der Waals surface area (Å²) in [5.41, 5.74) is 4.97. The van der Waals surface area contributed by atoms with Crippen LogP contribution in [-0.4, -0.2) is 11.1 Å². The molecule has 0 aromatic heterocycles. The van der Waals surface area contributed by atoms with Crippen molar-refractivity contribution >= 4 is 5.97 Å². The van der Waals surface area contributed by atoms with Gasteiger partial charge >= 0.3 is 5.97 Å². The van der Waals surface area contributed by atoms with E-state index in [9.17, 15) is 9.90 Å². The molecule has 0 saturated heterocycles. The minimum absolute atomic E-state index is 0.197. The third-order valence-corrected chi connectivity index (χ3v) is 5.32. The maximum atomic E-state index is 11.2. The van der Waals surface area contributed by atoms with Gasteiger partial charge in [0, 0.05) is 12.8 Å². The first-order valence-corrected chi connectivity index (χ1v) is 9.27. The van der Waals surface area contributed by atoms with E-state index in [1.165, 1.54) is 29.2 Å². The fraction of sp³-hybridized carbons (Fsp3) is 0.208. The number of hydrogen-bond donors (Lipinski definition) is 1. The number of phenolic OH excluding ortho intramolecular Hbond substituents is 1. The van der Waals surface area contributed by atoms with E-state index >= 15 is 0 Å². The van der Waals surface area contributed by atoms with Crippen LogP contribution < -0.4 is 4.74 Å². The third kappa shape index (κ3) is 3.59. The summed E-state index contributed by atoms with van der Waals surface area (Å²) >= 11 is 0. The second kappa shape index (κ2) is 7.28. The van der Waals surface area contributed by atoms with Gasteiger partial charge in [-0.2, -0.15) is 0 Å². The molecule has 0 saturated carbocycles. The number of fused-ring (bicyclic) bond motifs is 1. The van der Waals surface area contributed by atoms with Crippen LogP contribution in [0.5, 0.6) is 11.5 Å². The molecule has 1 aliphatic carbocycles. The highest BCUT2D eigenvalue weighted by Gasteiger charge is 2.32. The SMILES string of the molecule is CC(=O)Oc1ccc(C2c3ccc(O)cc3CCC2c2ccccc2)cc1. The highest BCUT2D eigenvalue weighted by atomic mass is 16.5. The summed E-state index contributed by atoms with van der Waals surface area (Å²) in [5, 5.41) is 9.90. The van der Waals surface area contributed by atoms with E-state index < -0.39 is 0 Å². The lowest BCUT2D eigenvalue weighted by atomic mass is 9.69. The molecule has 3 aromatic carbocycles. The average molecular weight is 358 g/mol. The van der Waals surface area contributed by atoms with Crippen LogP contribution in [0.25, 0.3) is 0 Å². The molecule has 27 heavy (non-hydrogen) atoms. The normalized spacial score (nSPS) is 18.6. The summed E-state index contributed by atoms with van der Waals surface area (Å²) in [6.07, 6.45) is 1.97. The molecule has 0 fully saturated rings. The zero-order valence-electron chi connectivity index (χ0n) is 15.3. The third-order valence-electron chi connectivity index (χ3n) is 5.32. The number of phenols is 1. The predicted molar refractivity (Wildman–Crippen MR) is 105 cm³/mol. The molecule has 0 spiro atoms. The van der Waals surface area contributed by atoms with Gasteiger partial charge in [0.1, 0.15) is 11.5 Å². The molecule has 0 bridgehead atoms. The van der Waals surface area contributed by atoms with E-state index in [4.69, 9.17) is 4.74 Å². The lowest BCUT2D eigenvalue weighted by Gasteiger charge is -2.34. The largest absolute Gasteiger partial charge is 0.508 e. The van der Waals surface area contributed by atoms with Gasteiger partial charge in [-0.05, 0) is 65.3 Å². The molecule has 3 nitrogen and oxygen atoms in total. The van der Waals surface area contributed by atoms with Crippen molar-refractivity contribution in [1.82, 2.24) is 0 Å². The molecule has 136 valence electrons. The Labute approximate surface area is 159 Å². The number of aromatic hydroxyl groups is 1. The minimum atomic E-state index is -0.316. The summed E-state index contributed by atoms with van der Waals surface area (Å²) in [5.74, 6) is 1.12. The van der Waals surface area contributed by atoms with Crippen molar-refractivity contribution in [2.45, 2.75) is 31.6 Å². The van der Waals surface area contributed by atoms with Crippen molar-refractivity contribution in [3.63, 3.8) is 0 Å². The van der Waals surface area contributed by atoms with Crippen LogP contribution in [0, 0.1) is 0 Å². The molecule has 0 aliphatic heterocycles. The van der Waals surface area contributed by atoms with E-state index in [2.05, 4.69) is 24.3 Å². The second-order valence-corrected chi connectivity index (χ2v) is 7.08. The number of esters is 1. The van der Waals surface area contributed by atoms with Crippen molar-refractivity contribution < 1.29 is 14.6 Å². The van der Waals surface area contributed by atoms with Gasteiger partial charge in [-0.15, -0.1) is 0 Å². The first kappa shape index (κ1) is 17.3. The van der Waals surface area contributed by atoms with Gasteiger partial charge in [0.15, 0.2) is 0 Å². The van der Waals surface area contributed by atoms with Crippen LogP contribution in [0.4, 0.5) is 0 Å². The van der Waals surface area contributed by atoms with Crippen molar-refractivity contribution in [3.8, 4) is 11.5 Å². The number of hydrogen-bond acceptors (Lipinski definition) is 3. The van der Waals surface area contributed by atoms with Gasteiger partial charge in [0.25, 0.3) is 0 Å². The van der Waals surface area contributed by atoms with Gasteiger partial charge in [0.05, 0.1) is 0 Å². The molecule has 0 radical (unpaired) electrons. The number of carbonyl (C=O) groups is 1. The molecule has 1 aliphatic rings. The van der Waals surface area contributed by atoms with E-state index in [0.29, 0.717) is 17.4 Å². The Morgan fingerprint density at radius 1 is 0.963 bits per heavy atom. The average Bonchev–Trinajstić information content (AvgIpc) is 2.68. The lowest BCUT2D eigenvalue weighted by molar-refractivity contribution is -0.131. The smallest absolute Gasteiger partial charge is 0.308 e. The zero-order chi connectivity index (χ0) is 18.8. The fourth-order valence-electron chi connectivity index (χ4n) is 4.19. The monoisotopic (exact) mass is 358 g/mol. The first-order chi connectivity index (χ1) is 13.1. The summed E-state index contributed by atoms with van der Waals surface area (Å²) in [6.45, 7) is 1.41. The predicted octanol–water partition coefficient (Wildman–Crippen LogP) is 5.18. The van der Waals surface area contributed by atoms with Crippen LogP contribution in [0.1, 0.15) is 47.4 Å². The molecular formula is C24H22O3. The molecular weight excluding hydrogens is 336 g/mol. The van der Waals surface area contributed by atoms with Crippen molar-refractivity contribution in [2.24, 2.45) is 0 Å². The molecule has 0 heterocycles. The number of benzene rings is 3. The van der Waals surface area contributed by atoms with Gasteiger partial charge in [-0.3, -0.25) is 4.79 Å². The van der Waals surface area contributed by atoms with Crippen molar-refractivity contribution in [3.05, 3.63) is 95.1 Å². The highest BCUT2D eigenvalue weighted by molar-refractivity contribution is 5.69. The maximum Gasteiger partial charge on any atom is 0.308 e. The molecule has 2 atom stereocenters. The Bertz CT molecular complexity index is 945. The number of rotatable bonds is 3. The van der Waals surface area contributed by atoms with E-state index in [1.807, 2.05) is 42.5 Å². The van der Waals surface area contributed by atoms with Crippen LogP contribution in [0.2, 0.25) is 0 Å². The molecule has 2 unspecified atom stereocenters. The standard InChI is InChI=1S/C24H22O3/c1-16(25)27-21-11-7-18(8-12-21)24-22(17-5-3-2-4-6-17)13-9-19-15-20(26)10-14-23(19)24/h2-8,10-12,14-15,22,24,26H,9,13H2,1H3. The van der Waals surface area contributed by atoms with E-state index in [0.717, 1.165) is 12.8 Å². The topological polar surface area (TPSA) is 46.5 Å². The van der Waals surface area contributed by atoms with Crippen LogP contribution >= 0.6 is 0 Å². The van der Waals surface area contributed by atoms with E-state index in [1.54, 1.807) is 6.07 Å². The van der Waals surface area contributed by atoms with Crippen molar-refractivity contribution in [1.29, 1.82) is 0 Å². The maximum absolute atomic E-state index is 11.2. The summed E-state index contributed by atoms with van der Waals surface area (Å²) < 4.78 is 5.18. The Morgan fingerprint density at radius 2 is 1.70 bits per heavy atom. The molecule has 3 aromatic rings. The van der Waals surface area contributed by atoms with Crippen LogP contribution in [-0.2, 0) is 11.2 Å². The minimum Gasteiger partial charge on any atom is -0.508 e. The lowest BCUT2D eigenvalue weighted by Crippen LogP contribution is -2.20. The molecule has 1 N–H and O–H groups in total. The Morgan fingerprint density at radius 3 is 2.41 bits per heavy atom.